The molecule has 108 valence electrons. The molecule has 0 spiro atoms. The lowest BCUT2D eigenvalue weighted by atomic mass is 10.1. The lowest BCUT2D eigenvalue weighted by molar-refractivity contribution is 0.354. The molecule has 0 bridgehead atoms. The van der Waals surface area contributed by atoms with Crippen LogP contribution in [0.25, 0.3) is 0 Å². The van der Waals surface area contributed by atoms with Gasteiger partial charge in [0, 0.05) is 17.8 Å². The van der Waals surface area contributed by atoms with Crippen LogP contribution in [-0.2, 0) is 6.54 Å². The monoisotopic (exact) mass is 303 g/mol. The predicted molar refractivity (Wildman–Crippen MR) is 83.9 cm³/mol. The van der Waals surface area contributed by atoms with E-state index in [0.29, 0.717) is 23.1 Å². The topological polar surface area (TPSA) is 30.5 Å². The molecule has 0 aliphatic rings. The van der Waals surface area contributed by atoms with E-state index in [9.17, 15) is 0 Å². The summed E-state index contributed by atoms with van der Waals surface area (Å²) in [7, 11) is 3.20. The van der Waals surface area contributed by atoms with Gasteiger partial charge in [-0.25, -0.2) is 0 Å². The van der Waals surface area contributed by atoms with Gasteiger partial charge in [-0.15, -0.1) is 0 Å². The first-order valence-electron chi connectivity index (χ1n) is 6.10. The standard InChI is InChI=1S/C14H22ClNO2S/c1-14(2,19-5)9-16-8-10-6-7-11(17-3)13(18-4)12(10)15/h6-7,16H,8-9H2,1-5H3. The van der Waals surface area contributed by atoms with Gasteiger partial charge in [-0.05, 0) is 31.7 Å². The first kappa shape index (κ1) is 16.5. The van der Waals surface area contributed by atoms with Crippen molar-refractivity contribution in [3.05, 3.63) is 22.7 Å². The van der Waals surface area contributed by atoms with Gasteiger partial charge >= 0.3 is 0 Å². The van der Waals surface area contributed by atoms with Crippen LogP contribution in [0.3, 0.4) is 0 Å². The molecule has 0 saturated heterocycles. The van der Waals surface area contributed by atoms with Crippen LogP contribution in [0.2, 0.25) is 5.02 Å². The van der Waals surface area contributed by atoms with E-state index in [1.165, 1.54) is 0 Å². The van der Waals surface area contributed by atoms with E-state index in [1.54, 1.807) is 14.2 Å². The van der Waals surface area contributed by atoms with Crippen molar-refractivity contribution in [1.82, 2.24) is 5.32 Å². The summed E-state index contributed by atoms with van der Waals surface area (Å²) < 4.78 is 10.7. The van der Waals surface area contributed by atoms with E-state index in [1.807, 2.05) is 23.9 Å². The van der Waals surface area contributed by atoms with Gasteiger partial charge in [0.05, 0.1) is 19.2 Å². The molecule has 1 N–H and O–H groups in total. The lowest BCUT2D eigenvalue weighted by Crippen LogP contribution is -2.31. The Hall–Kier alpha value is -0.580. The Bertz CT molecular complexity index is 424. The lowest BCUT2D eigenvalue weighted by Gasteiger charge is -2.22. The van der Waals surface area contributed by atoms with Crippen molar-refractivity contribution in [2.75, 3.05) is 27.0 Å². The zero-order chi connectivity index (χ0) is 14.5. The Balaban J connectivity index is 2.75. The van der Waals surface area contributed by atoms with Crippen LogP contribution < -0.4 is 14.8 Å². The van der Waals surface area contributed by atoms with E-state index in [0.717, 1.165) is 12.1 Å². The normalized spacial score (nSPS) is 11.5. The van der Waals surface area contributed by atoms with Crippen molar-refractivity contribution in [1.29, 1.82) is 0 Å². The molecular formula is C14H22ClNO2S. The number of halogens is 1. The molecule has 0 unspecified atom stereocenters. The zero-order valence-electron chi connectivity index (χ0n) is 12.2. The maximum Gasteiger partial charge on any atom is 0.179 e. The minimum absolute atomic E-state index is 0.211. The summed E-state index contributed by atoms with van der Waals surface area (Å²) in [6.07, 6.45) is 2.12. The number of methoxy groups -OCH3 is 2. The minimum Gasteiger partial charge on any atom is -0.493 e. The summed E-state index contributed by atoms with van der Waals surface area (Å²) >= 11 is 8.17. The van der Waals surface area contributed by atoms with Gasteiger partial charge in [-0.3, -0.25) is 0 Å². The summed E-state index contributed by atoms with van der Waals surface area (Å²) in [5.41, 5.74) is 1.01. The van der Waals surface area contributed by atoms with Crippen LogP contribution in [0, 0.1) is 0 Å². The second-order valence-corrected chi connectivity index (χ2v) is 6.73. The highest BCUT2D eigenvalue weighted by Gasteiger charge is 2.16. The summed E-state index contributed by atoms with van der Waals surface area (Å²) in [4.78, 5) is 0. The Labute approximate surface area is 125 Å². The number of benzene rings is 1. The Kier molecular flexibility index (Phi) is 6.30. The summed E-state index contributed by atoms with van der Waals surface area (Å²) in [6.45, 7) is 6.05. The molecular weight excluding hydrogens is 282 g/mol. The van der Waals surface area contributed by atoms with E-state index >= 15 is 0 Å². The number of hydrogen-bond donors (Lipinski definition) is 1. The van der Waals surface area contributed by atoms with Gasteiger partial charge in [0.15, 0.2) is 11.5 Å². The molecule has 0 aliphatic carbocycles. The van der Waals surface area contributed by atoms with Crippen molar-refractivity contribution in [3.63, 3.8) is 0 Å². The molecule has 3 nitrogen and oxygen atoms in total. The minimum atomic E-state index is 0.211. The molecule has 0 saturated carbocycles. The third-order valence-corrected chi connectivity index (χ3v) is 4.65. The van der Waals surface area contributed by atoms with Crippen LogP contribution in [-0.4, -0.2) is 31.8 Å². The number of rotatable bonds is 7. The summed E-state index contributed by atoms with van der Waals surface area (Å²) in [6, 6.07) is 3.84. The van der Waals surface area contributed by atoms with E-state index < -0.39 is 0 Å². The molecule has 19 heavy (non-hydrogen) atoms. The van der Waals surface area contributed by atoms with Gasteiger partial charge in [0.25, 0.3) is 0 Å². The van der Waals surface area contributed by atoms with Crippen LogP contribution in [0.15, 0.2) is 12.1 Å². The highest BCUT2D eigenvalue weighted by Crippen LogP contribution is 2.37. The maximum absolute atomic E-state index is 6.33. The second kappa shape index (κ2) is 7.27. The van der Waals surface area contributed by atoms with Gasteiger partial charge in [-0.2, -0.15) is 11.8 Å². The average Bonchev–Trinajstić information content (AvgIpc) is 2.40. The van der Waals surface area contributed by atoms with Crippen molar-refractivity contribution >= 4 is 23.4 Å². The number of thioether (sulfide) groups is 1. The summed E-state index contributed by atoms with van der Waals surface area (Å²) in [5, 5.41) is 4.03. The second-order valence-electron chi connectivity index (χ2n) is 4.84. The Morgan fingerprint density at radius 1 is 1.26 bits per heavy atom. The van der Waals surface area contributed by atoms with Crippen molar-refractivity contribution in [2.45, 2.75) is 25.1 Å². The predicted octanol–water partition coefficient (Wildman–Crippen LogP) is 3.59. The molecule has 1 rings (SSSR count). The fourth-order valence-corrected chi connectivity index (χ4v) is 2.18. The fraction of sp³-hybridized carbons (Fsp3) is 0.571. The molecule has 1 aromatic rings. The molecule has 0 fully saturated rings. The first-order valence-corrected chi connectivity index (χ1v) is 7.70. The van der Waals surface area contributed by atoms with Gasteiger partial charge < -0.3 is 14.8 Å². The number of nitrogens with one attached hydrogen (secondary N) is 1. The molecule has 1 aromatic carbocycles. The van der Waals surface area contributed by atoms with Gasteiger partial charge in [-0.1, -0.05) is 17.7 Å². The quantitative estimate of drug-likeness (QED) is 0.834. The van der Waals surface area contributed by atoms with Gasteiger partial charge in [0.2, 0.25) is 0 Å². The largest absolute Gasteiger partial charge is 0.493 e. The third kappa shape index (κ3) is 4.48. The van der Waals surface area contributed by atoms with Crippen LogP contribution >= 0.6 is 23.4 Å². The molecule has 0 heterocycles. The van der Waals surface area contributed by atoms with Crippen molar-refractivity contribution in [3.8, 4) is 11.5 Å². The van der Waals surface area contributed by atoms with Gasteiger partial charge in [0.1, 0.15) is 0 Å². The molecule has 0 radical (unpaired) electrons. The molecule has 0 amide bonds. The number of hydrogen-bond acceptors (Lipinski definition) is 4. The maximum atomic E-state index is 6.33. The smallest absolute Gasteiger partial charge is 0.179 e. The van der Waals surface area contributed by atoms with E-state index in [2.05, 4.69) is 25.4 Å². The fourth-order valence-electron chi connectivity index (χ4n) is 1.64. The zero-order valence-corrected chi connectivity index (χ0v) is 13.7. The van der Waals surface area contributed by atoms with Crippen LogP contribution in [0.1, 0.15) is 19.4 Å². The van der Waals surface area contributed by atoms with Crippen LogP contribution in [0.4, 0.5) is 0 Å². The third-order valence-electron chi connectivity index (χ3n) is 2.98. The molecule has 0 aliphatic heterocycles. The summed E-state index contributed by atoms with van der Waals surface area (Å²) in [5.74, 6) is 1.24. The first-order chi connectivity index (χ1) is 8.95. The Morgan fingerprint density at radius 3 is 2.47 bits per heavy atom. The number of ether oxygens (including phenoxy) is 2. The molecule has 0 atom stereocenters. The van der Waals surface area contributed by atoms with E-state index in [4.69, 9.17) is 21.1 Å². The molecule has 0 aromatic heterocycles. The highest BCUT2D eigenvalue weighted by molar-refractivity contribution is 7.99. The van der Waals surface area contributed by atoms with Crippen molar-refractivity contribution in [2.24, 2.45) is 0 Å². The van der Waals surface area contributed by atoms with E-state index in [-0.39, 0.29) is 4.75 Å². The SMILES string of the molecule is COc1ccc(CNCC(C)(C)SC)c(Cl)c1OC. The average molecular weight is 304 g/mol. The molecule has 5 heteroatoms. The van der Waals surface area contributed by atoms with Crippen molar-refractivity contribution < 1.29 is 9.47 Å². The Morgan fingerprint density at radius 2 is 1.95 bits per heavy atom. The van der Waals surface area contributed by atoms with Crippen LogP contribution in [0.5, 0.6) is 11.5 Å². The highest BCUT2D eigenvalue weighted by atomic mass is 35.5.